The van der Waals surface area contributed by atoms with Gasteiger partial charge in [0, 0.05) is 6.07 Å². The molecule has 0 radical (unpaired) electrons. The van der Waals surface area contributed by atoms with E-state index in [9.17, 15) is 18.4 Å². The second kappa shape index (κ2) is 6.30. The van der Waals surface area contributed by atoms with Gasteiger partial charge < -0.3 is 9.47 Å². The average molecular weight is 279 g/mol. The molecular weight excluding hydrogens is 270 g/mol. The van der Waals surface area contributed by atoms with Crippen molar-refractivity contribution in [2.45, 2.75) is 13.5 Å². The molecule has 18 heavy (non-hydrogen) atoms. The fourth-order valence-electron chi connectivity index (χ4n) is 1.23. The van der Waals surface area contributed by atoms with Crippen molar-refractivity contribution in [3.8, 4) is 5.75 Å². The number of rotatable bonds is 5. The fourth-order valence-corrected chi connectivity index (χ4v) is 1.46. The van der Waals surface area contributed by atoms with Crippen molar-refractivity contribution in [2.24, 2.45) is 0 Å². The second-order valence-electron chi connectivity index (χ2n) is 3.09. The Bertz CT molecular complexity index is 463. The molecule has 1 rings (SSSR count). The van der Waals surface area contributed by atoms with Crippen LogP contribution < -0.4 is 4.74 Å². The SMILES string of the molecule is CCOC(=O)c1cc(C=O)c(OC(F)F)cc1Cl. The summed E-state index contributed by atoms with van der Waals surface area (Å²) < 4.78 is 33.0. The standard InChI is InChI=1S/C11H9ClF2O4/c1-2-17-10(16)7-3-6(5-15)9(4-8(7)12)18-11(13)14/h3-5,11H,2H2,1H3. The number of hydrogen-bond donors (Lipinski definition) is 0. The minimum atomic E-state index is -3.09. The van der Waals surface area contributed by atoms with Crippen molar-refractivity contribution in [3.63, 3.8) is 0 Å². The van der Waals surface area contributed by atoms with Gasteiger partial charge in [-0.3, -0.25) is 4.79 Å². The molecule has 0 unspecified atom stereocenters. The molecule has 1 aromatic carbocycles. The van der Waals surface area contributed by atoms with Crippen LogP contribution >= 0.6 is 11.6 Å². The third-order valence-electron chi connectivity index (χ3n) is 1.94. The molecule has 0 aliphatic rings. The molecule has 1 aromatic rings. The summed E-state index contributed by atoms with van der Waals surface area (Å²) >= 11 is 5.73. The summed E-state index contributed by atoms with van der Waals surface area (Å²) in [6, 6.07) is 2.02. The van der Waals surface area contributed by atoms with Gasteiger partial charge >= 0.3 is 12.6 Å². The Morgan fingerprint density at radius 1 is 1.50 bits per heavy atom. The number of alkyl halides is 2. The van der Waals surface area contributed by atoms with Crippen molar-refractivity contribution in [1.29, 1.82) is 0 Å². The van der Waals surface area contributed by atoms with E-state index in [1.165, 1.54) is 0 Å². The first-order chi connectivity index (χ1) is 8.49. The molecule has 0 amide bonds. The lowest BCUT2D eigenvalue weighted by atomic mass is 10.1. The van der Waals surface area contributed by atoms with Crippen molar-refractivity contribution < 1.29 is 27.8 Å². The highest BCUT2D eigenvalue weighted by molar-refractivity contribution is 6.33. The highest BCUT2D eigenvalue weighted by Crippen LogP contribution is 2.28. The fraction of sp³-hybridized carbons (Fsp3) is 0.273. The summed E-state index contributed by atoms with van der Waals surface area (Å²) in [5, 5.41) is -0.130. The zero-order valence-electron chi connectivity index (χ0n) is 9.28. The minimum Gasteiger partial charge on any atom is -0.462 e. The zero-order valence-corrected chi connectivity index (χ0v) is 10.0. The monoisotopic (exact) mass is 278 g/mol. The zero-order chi connectivity index (χ0) is 13.7. The van der Waals surface area contributed by atoms with Gasteiger partial charge in [0.1, 0.15) is 5.75 Å². The molecular formula is C11H9ClF2O4. The Balaban J connectivity index is 3.17. The van der Waals surface area contributed by atoms with Crippen LogP contribution in [-0.4, -0.2) is 25.5 Å². The Morgan fingerprint density at radius 3 is 2.67 bits per heavy atom. The number of benzene rings is 1. The molecule has 0 bridgehead atoms. The first-order valence-corrected chi connectivity index (χ1v) is 5.28. The van der Waals surface area contributed by atoms with Gasteiger partial charge in [0.25, 0.3) is 0 Å². The predicted molar refractivity (Wildman–Crippen MR) is 59.4 cm³/mol. The smallest absolute Gasteiger partial charge is 0.387 e. The molecule has 0 fully saturated rings. The van der Waals surface area contributed by atoms with Crippen molar-refractivity contribution in [3.05, 3.63) is 28.3 Å². The number of esters is 1. The number of hydrogen-bond acceptors (Lipinski definition) is 4. The van der Waals surface area contributed by atoms with Crippen LogP contribution in [0.4, 0.5) is 8.78 Å². The third-order valence-corrected chi connectivity index (χ3v) is 2.25. The van der Waals surface area contributed by atoms with Crippen molar-refractivity contribution >= 4 is 23.9 Å². The van der Waals surface area contributed by atoms with E-state index >= 15 is 0 Å². The van der Waals surface area contributed by atoms with Gasteiger partial charge in [-0.2, -0.15) is 8.78 Å². The lowest BCUT2D eigenvalue weighted by molar-refractivity contribution is -0.0500. The predicted octanol–water partition coefficient (Wildman–Crippen LogP) is 2.93. The molecule has 0 heterocycles. The van der Waals surface area contributed by atoms with Crippen LogP contribution in [0.3, 0.4) is 0 Å². The highest BCUT2D eigenvalue weighted by Gasteiger charge is 2.18. The number of aldehydes is 1. The first kappa shape index (κ1) is 14.4. The maximum absolute atomic E-state index is 12.1. The number of halogens is 3. The van der Waals surface area contributed by atoms with Gasteiger partial charge in [0.2, 0.25) is 0 Å². The van der Waals surface area contributed by atoms with Gasteiger partial charge in [0.15, 0.2) is 6.29 Å². The van der Waals surface area contributed by atoms with Crippen LogP contribution in [0.5, 0.6) is 5.75 Å². The maximum Gasteiger partial charge on any atom is 0.387 e. The Kier molecular flexibility index (Phi) is 5.03. The lowest BCUT2D eigenvalue weighted by Gasteiger charge is -2.10. The summed E-state index contributed by atoms with van der Waals surface area (Å²) in [5.41, 5.74) is -0.287. The molecule has 4 nitrogen and oxygen atoms in total. The van der Waals surface area contributed by atoms with Crippen LogP contribution in [0, 0.1) is 0 Å². The average Bonchev–Trinajstić information content (AvgIpc) is 2.28. The van der Waals surface area contributed by atoms with Gasteiger partial charge in [-0.15, -0.1) is 0 Å². The van der Waals surface area contributed by atoms with E-state index < -0.39 is 18.3 Å². The second-order valence-corrected chi connectivity index (χ2v) is 3.49. The molecule has 0 aromatic heterocycles. The summed E-state index contributed by atoms with van der Waals surface area (Å²) in [6.45, 7) is -1.37. The topological polar surface area (TPSA) is 52.6 Å². The van der Waals surface area contributed by atoms with Gasteiger partial charge in [-0.05, 0) is 13.0 Å². The number of carbonyl (C=O) groups excluding carboxylic acids is 2. The Labute approximate surface area is 106 Å². The maximum atomic E-state index is 12.1. The van der Waals surface area contributed by atoms with E-state index in [4.69, 9.17) is 16.3 Å². The summed E-state index contributed by atoms with van der Waals surface area (Å²) in [6.07, 6.45) is 0.288. The third kappa shape index (κ3) is 3.40. The van der Waals surface area contributed by atoms with E-state index in [1.807, 2.05) is 0 Å². The van der Waals surface area contributed by atoms with Crippen LogP contribution in [0.2, 0.25) is 5.02 Å². The van der Waals surface area contributed by atoms with E-state index in [0.717, 1.165) is 12.1 Å². The molecule has 0 aliphatic carbocycles. The lowest BCUT2D eigenvalue weighted by Crippen LogP contribution is -2.09. The molecule has 0 spiro atoms. The van der Waals surface area contributed by atoms with E-state index in [2.05, 4.69) is 4.74 Å². The summed E-state index contributed by atoms with van der Waals surface area (Å²) in [7, 11) is 0. The van der Waals surface area contributed by atoms with Gasteiger partial charge in [-0.25, -0.2) is 4.79 Å². The number of carbonyl (C=O) groups is 2. The Morgan fingerprint density at radius 2 is 2.17 bits per heavy atom. The molecule has 0 saturated carbocycles. The molecule has 98 valence electrons. The van der Waals surface area contributed by atoms with Crippen LogP contribution in [0.1, 0.15) is 27.6 Å². The largest absolute Gasteiger partial charge is 0.462 e. The van der Waals surface area contributed by atoms with E-state index in [-0.39, 0.29) is 29.0 Å². The summed E-state index contributed by atoms with van der Waals surface area (Å²) in [5.74, 6) is -1.13. The molecule has 0 saturated heterocycles. The highest BCUT2D eigenvalue weighted by atomic mass is 35.5. The van der Waals surface area contributed by atoms with Crippen LogP contribution in [-0.2, 0) is 4.74 Å². The van der Waals surface area contributed by atoms with E-state index in [1.54, 1.807) is 6.92 Å². The van der Waals surface area contributed by atoms with E-state index in [0.29, 0.717) is 0 Å². The minimum absolute atomic E-state index is 0.0813. The quantitative estimate of drug-likeness (QED) is 0.614. The number of ether oxygens (including phenoxy) is 2. The first-order valence-electron chi connectivity index (χ1n) is 4.90. The Hall–Kier alpha value is -1.69. The molecule has 0 atom stereocenters. The molecule has 0 aliphatic heterocycles. The van der Waals surface area contributed by atoms with Crippen molar-refractivity contribution in [2.75, 3.05) is 6.61 Å². The van der Waals surface area contributed by atoms with Crippen LogP contribution in [0.15, 0.2) is 12.1 Å². The summed E-state index contributed by atoms with van der Waals surface area (Å²) in [4.78, 5) is 22.2. The van der Waals surface area contributed by atoms with Crippen LogP contribution in [0.25, 0.3) is 0 Å². The molecule has 0 N–H and O–H groups in total. The van der Waals surface area contributed by atoms with Gasteiger partial charge in [-0.1, -0.05) is 11.6 Å². The normalized spacial score (nSPS) is 10.3. The van der Waals surface area contributed by atoms with Crippen molar-refractivity contribution in [1.82, 2.24) is 0 Å². The molecule has 7 heteroatoms. The van der Waals surface area contributed by atoms with Gasteiger partial charge in [0.05, 0.1) is 22.8 Å².